The zero-order valence-electron chi connectivity index (χ0n) is 35.7. The van der Waals surface area contributed by atoms with Gasteiger partial charge in [0.2, 0.25) is 0 Å². The number of hydrogen-bond acceptors (Lipinski definition) is 16. The molecule has 16 heteroatoms. The summed E-state index contributed by atoms with van der Waals surface area (Å²) in [5.74, 6) is -0.780. The highest BCUT2D eigenvalue weighted by Crippen LogP contribution is 2.71. The van der Waals surface area contributed by atoms with Gasteiger partial charge in [-0.3, -0.25) is 4.79 Å². The minimum atomic E-state index is -1.92. The van der Waals surface area contributed by atoms with Crippen LogP contribution in [-0.2, 0) is 47.4 Å². The van der Waals surface area contributed by atoms with E-state index < -0.39 is 119 Å². The van der Waals surface area contributed by atoms with Crippen molar-refractivity contribution in [3.8, 4) is 0 Å². The molecule has 4 saturated carbocycles. The van der Waals surface area contributed by atoms with Crippen molar-refractivity contribution in [1.82, 2.24) is 0 Å². The lowest BCUT2D eigenvalue weighted by Crippen LogP contribution is -2.78. The van der Waals surface area contributed by atoms with Crippen molar-refractivity contribution >= 4 is 5.78 Å². The van der Waals surface area contributed by atoms with Gasteiger partial charge in [-0.05, 0) is 96.3 Å². The number of hydrogen-bond donors (Lipinski definition) is 6. The quantitative estimate of drug-likeness (QED) is 0.172. The number of ether oxygens (including phenoxy) is 9. The summed E-state index contributed by atoms with van der Waals surface area (Å²) in [5.41, 5.74) is -7.31. The second kappa shape index (κ2) is 16.3. The zero-order valence-corrected chi connectivity index (χ0v) is 35.7. The monoisotopic (exact) mass is 830 g/mol. The van der Waals surface area contributed by atoms with E-state index in [1.54, 1.807) is 28.1 Å². The minimum absolute atomic E-state index is 0.00790. The third kappa shape index (κ3) is 6.87. The fourth-order valence-electron chi connectivity index (χ4n) is 12.9. The fourth-order valence-corrected chi connectivity index (χ4v) is 12.9. The molecule has 0 amide bonds. The molecule has 0 aromatic heterocycles. The molecule has 7 fully saturated rings. The lowest BCUT2D eigenvalue weighted by Gasteiger charge is -2.68. The molecule has 0 aromatic rings. The van der Waals surface area contributed by atoms with Crippen LogP contribution in [0.5, 0.6) is 0 Å². The normalized spacial score (nSPS) is 55.9. The number of carbonyl (C=O) groups is 1. The Morgan fingerprint density at radius 3 is 1.84 bits per heavy atom. The van der Waals surface area contributed by atoms with Crippen LogP contribution in [0.3, 0.4) is 0 Å². The summed E-state index contributed by atoms with van der Waals surface area (Å²) in [6, 6.07) is 0. The first kappa shape index (κ1) is 45.1. The number of aliphatic hydroxyl groups excluding tert-OH is 3. The molecule has 0 unspecified atom stereocenters. The highest BCUT2D eigenvalue weighted by Gasteiger charge is 2.81. The number of ketones is 1. The average Bonchev–Trinajstić information content (AvgIpc) is 3.41. The Morgan fingerprint density at radius 2 is 1.26 bits per heavy atom. The molecule has 0 radical (unpaired) electrons. The van der Waals surface area contributed by atoms with Crippen LogP contribution in [-0.4, -0.2) is 167 Å². The van der Waals surface area contributed by atoms with Crippen molar-refractivity contribution in [2.24, 2.45) is 22.7 Å². The van der Waals surface area contributed by atoms with E-state index in [2.05, 4.69) is 6.92 Å². The number of fused-ring (bicyclic) bond motifs is 5. The standard InChI is InChI=1S/C42H70O16/c1-20-32(45)36(52-9)33(46)37(55-20)58-35-22(3)54-31(18-27(35)51-8)57-34-21(2)53-30(17-26(34)50-7)56-25-11-12-38(5)24(16-25)10-13-41(48)28(38)19-29(44)39(6)40(47,23(4)43)14-15-42(39,41)49/h20-22,24-37,44-49H,10-19H2,1-9H3/t20-,21-,22-,24+,25+,26+,27+,28-,29-,30+,31+,32-,33-,34-,35-,36+,37+,38+,39-,40-,41+,42-/m1/s1. The molecule has 334 valence electrons. The van der Waals surface area contributed by atoms with Crippen LogP contribution >= 0.6 is 0 Å². The van der Waals surface area contributed by atoms with Gasteiger partial charge in [-0.2, -0.15) is 0 Å². The fraction of sp³-hybridized carbons (Fsp3) is 0.976. The Balaban J connectivity index is 0.954. The largest absolute Gasteiger partial charge is 0.392 e. The van der Waals surface area contributed by atoms with Gasteiger partial charge in [0.05, 0.1) is 53.7 Å². The molecule has 58 heavy (non-hydrogen) atoms. The summed E-state index contributed by atoms with van der Waals surface area (Å²) in [7, 11) is 4.63. The smallest absolute Gasteiger partial charge is 0.187 e. The number of Topliss-reactive ketones (excluding diaryl/α,β-unsaturated/α-hetero) is 1. The number of methoxy groups -OCH3 is 3. The number of carbonyl (C=O) groups excluding carboxylic acids is 1. The van der Waals surface area contributed by atoms with Crippen molar-refractivity contribution in [1.29, 1.82) is 0 Å². The van der Waals surface area contributed by atoms with Crippen molar-refractivity contribution in [3.63, 3.8) is 0 Å². The van der Waals surface area contributed by atoms with Crippen molar-refractivity contribution in [2.45, 2.75) is 215 Å². The average molecular weight is 831 g/mol. The van der Waals surface area contributed by atoms with Crippen LogP contribution in [0.25, 0.3) is 0 Å². The van der Waals surface area contributed by atoms with Crippen LogP contribution in [0.2, 0.25) is 0 Å². The van der Waals surface area contributed by atoms with Crippen LogP contribution in [0, 0.1) is 22.7 Å². The van der Waals surface area contributed by atoms with E-state index in [1.165, 1.54) is 14.0 Å². The highest BCUT2D eigenvalue weighted by atomic mass is 16.8. The van der Waals surface area contributed by atoms with Gasteiger partial charge in [0.15, 0.2) is 24.7 Å². The van der Waals surface area contributed by atoms with Crippen molar-refractivity contribution in [2.75, 3.05) is 21.3 Å². The third-order valence-corrected chi connectivity index (χ3v) is 16.6. The molecule has 6 N–H and O–H groups in total. The van der Waals surface area contributed by atoms with E-state index in [9.17, 15) is 35.4 Å². The molecule has 0 spiro atoms. The van der Waals surface area contributed by atoms with Crippen LogP contribution < -0.4 is 0 Å². The van der Waals surface area contributed by atoms with Crippen LogP contribution in [0.1, 0.15) is 106 Å². The maximum Gasteiger partial charge on any atom is 0.187 e. The first-order chi connectivity index (χ1) is 27.2. The topological polar surface area (TPSA) is 222 Å². The lowest BCUT2D eigenvalue weighted by molar-refractivity contribution is -0.352. The molecule has 3 aliphatic heterocycles. The van der Waals surface area contributed by atoms with Crippen molar-refractivity contribution < 1.29 is 78.1 Å². The van der Waals surface area contributed by atoms with E-state index in [4.69, 9.17) is 42.6 Å². The van der Waals surface area contributed by atoms with Gasteiger partial charge < -0.3 is 73.3 Å². The van der Waals surface area contributed by atoms with Gasteiger partial charge in [0.1, 0.15) is 41.7 Å². The van der Waals surface area contributed by atoms with Gasteiger partial charge >= 0.3 is 0 Å². The van der Waals surface area contributed by atoms with Gasteiger partial charge in [-0.1, -0.05) is 13.8 Å². The minimum Gasteiger partial charge on any atom is -0.392 e. The van der Waals surface area contributed by atoms with Gasteiger partial charge in [0, 0.05) is 34.2 Å². The van der Waals surface area contributed by atoms with Crippen molar-refractivity contribution in [3.05, 3.63) is 0 Å². The maximum absolute atomic E-state index is 12.8. The number of aliphatic hydroxyl groups is 6. The Labute approximate surface area is 342 Å². The summed E-state index contributed by atoms with van der Waals surface area (Å²) in [6.45, 7) is 10.5. The van der Waals surface area contributed by atoms with E-state index in [-0.39, 0.29) is 37.4 Å². The van der Waals surface area contributed by atoms with Gasteiger partial charge in [0.25, 0.3) is 0 Å². The molecule has 22 atom stereocenters. The van der Waals surface area contributed by atoms with Crippen LogP contribution in [0.4, 0.5) is 0 Å². The lowest BCUT2D eigenvalue weighted by atomic mass is 9.40. The Hall–Kier alpha value is -0.930. The SMILES string of the molecule is CO[C@@H]1[C@@H](O)[C@H](O[C@H]2[C@@H](OC)C[C@H](O[C@H]3[C@@H](OC)C[C@H](O[C@H]4CC[C@@]5(C)[C@@H](CC[C@]6(O)[C@@H]5C[C@@H](O)[C@@]5(C)[C@]6(O)CC[C@@]5(O)C(C)=O)C4)O[C@@H]3C)O[C@@H]2C)O[C@H](C)[C@H]1O. The second-order valence-electron chi connectivity index (χ2n) is 19.1. The first-order valence-electron chi connectivity index (χ1n) is 21.5. The Kier molecular flexibility index (Phi) is 12.7. The van der Waals surface area contributed by atoms with E-state index in [0.29, 0.717) is 38.5 Å². The molecular formula is C42H70O16. The second-order valence-corrected chi connectivity index (χ2v) is 19.1. The van der Waals surface area contributed by atoms with E-state index in [0.717, 1.165) is 6.42 Å². The predicted molar refractivity (Wildman–Crippen MR) is 203 cm³/mol. The maximum atomic E-state index is 12.8. The van der Waals surface area contributed by atoms with Gasteiger partial charge in [-0.25, -0.2) is 0 Å². The van der Waals surface area contributed by atoms with Crippen LogP contribution in [0.15, 0.2) is 0 Å². The molecule has 3 heterocycles. The predicted octanol–water partition coefficient (Wildman–Crippen LogP) is 1.49. The van der Waals surface area contributed by atoms with E-state index in [1.807, 2.05) is 13.8 Å². The summed E-state index contributed by atoms with van der Waals surface area (Å²) >= 11 is 0. The molecule has 3 saturated heterocycles. The Bertz CT molecular complexity index is 1470. The van der Waals surface area contributed by atoms with E-state index >= 15 is 0 Å². The molecule has 7 rings (SSSR count). The molecule has 16 nitrogen and oxygen atoms in total. The first-order valence-corrected chi connectivity index (χ1v) is 21.5. The Morgan fingerprint density at radius 1 is 0.655 bits per heavy atom. The summed E-state index contributed by atoms with van der Waals surface area (Å²) in [5, 5.41) is 69.4. The molecule has 0 aromatic carbocycles. The molecule has 0 bridgehead atoms. The zero-order chi connectivity index (χ0) is 42.3. The number of rotatable bonds is 10. The highest BCUT2D eigenvalue weighted by molar-refractivity contribution is 5.87. The van der Waals surface area contributed by atoms with Gasteiger partial charge in [-0.15, -0.1) is 0 Å². The third-order valence-electron chi connectivity index (χ3n) is 16.6. The molecule has 7 aliphatic rings. The molecule has 4 aliphatic carbocycles. The molecular weight excluding hydrogens is 760 g/mol. The summed E-state index contributed by atoms with van der Waals surface area (Å²) in [6.07, 6.45) is -6.19. The summed E-state index contributed by atoms with van der Waals surface area (Å²) < 4.78 is 55.1. The summed E-state index contributed by atoms with van der Waals surface area (Å²) in [4.78, 5) is 12.8.